The molecule has 1 atom stereocenters. The molecule has 0 bridgehead atoms. The van der Waals surface area contributed by atoms with Gasteiger partial charge in [-0.3, -0.25) is 9.59 Å². The predicted octanol–water partition coefficient (Wildman–Crippen LogP) is 1.75. The van der Waals surface area contributed by atoms with Gasteiger partial charge in [0.25, 0.3) is 5.91 Å². The Labute approximate surface area is 207 Å². The molecule has 3 rings (SSSR count). The van der Waals surface area contributed by atoms with Gasteiger partial charge >= 0.3 is 11.9 Å². The molecule has 192 valence electrons. The highest BCUT2D eigenvalue weighted by molar-refractivity contribution is 5.97. The second-order valence-corrected chi connectivity index (χ2v) is 7.75. The van der Waals surface area contributed by atoms with Crippen molar-refractivity contribution < 1.29 is 28.6 Å². The number of aromatic amines is 1. The molecule has 0 aliphatic rings. The molecular formula is C24H30N6O6. The maximum Gasteiger partial charge on any atom is 0.328 e. The number of ether oxygens (including phenoxy) is 3. The fourth-order valence-corrected chi connectivity index (χ4v) is 3.55. The van der Waals surface area contributed by atoms with Crippen molar-refractivity contribution in [2.24, 2.45) is 0 Å². The molecule has 12 heteroatoms. The van der Waals surface area contributed by atoms with Crippen LogP contribution in [0.3, 0.4) is 0 Å². The number of carbonyl (C=O) groups excluding carboxylic acids is 3. The van der Waals surface area contributed by atoms with Gasteiger partial charge in [0.05, 0.1) is 25.2 Å². The molecule has 0 unspecified atom stereocenters. The number of nitrogens with one attached hydrogen (secondary N) is 2. The first-order chi connectivity index (χ1) is 17.3. The first kappa shape index (κ1) is 26.3. The van der Waals surface area contributed by atoms with Gasteiger partial charge in [-0.1, -0.05) is 0 Å². The molecule has 36 heavy (non-hydrogen) atoms. The van der Waals surface area contributed by atoms with Gasteiger partial charge in [-0.2, -0.15) is 9.97 Å². The Kier molecular flexibility index (Phi) is 9.03. The molecule has 2 aromatic heterocycles. The Balaban J connectivity index is 1.56. The Morgan fingerprint density at radius 2 is 1.78 bits per heavy atom. The van der Waals surface area contributed by atoms with Gasteiger partial charge in [0.1, 0.15) is 23.3 Å². The molecule has 0 fully saturated rings. The third-order valence-corrected chi connectivity index (χ3v) is 5.23. The van der Waals surface area contributed by atoms with Gasteiger partial charge in [0, 0.05) is 24.6 Å². The number of carbonyl (C=O) groups is 3. The molecule has 6 N–H and O–H groups in total. The van der Waals surface area contributed by atoms with Gasteiger partial charge in [0.15, 0.2) is 0 Å². The van der Waals surface area contributed by atoms with Crippen LogP contribution in [-0.4, -0.2) is 58.7 Å². The fraction of sp³-hybridized carbons (Fsp3) is 0.375. The largest absolute Gasteiger partial charge is 0.493 e. The summed E-state index contributed by atoms with van der Waals surface area (Å²) in [5.41, 5.74) is 13.4. The van der Waals surface area contributed by atoms with E-state index >= 15 is 0 Å². The van der Waals surface area contributed by atoms with Crippen LogP contribution >= 0.6 is 0 Å². The van der Waals surface area contributed by atoms with Crippen LogP contribution in [0.25, 0.3) is 11.0 Å². The van der Waals surface area contributed by atoms with E-state index in [-0.39, 0.29) is 32.0 Å². The quantitative estimate of drug-likeness (QED) is 0.268. The zero-order chi connectivity index (χ0) is 26.1. The van der Waals surface area contributed by atoms with Crippen LogP contribution < -0.4 is 21.5 Å². The highest BCUT2D eigenvalue weighted by atomic mass is 16.5. The number of nitrogens with two attached hydrogens (primary N) is 2. The lowest BCUT2D eigenvalue weighted by Gasteiger charge is -2.17. The van der Waals surface area contributed by atoms with Crippen LogP contribution in [0.15, 0.2) is 30.5 Å². The lowest BCUT2D eigenvalue weighted by atomic mass is 10.1. The Hall–Kier alpha value is -4.35. The lowest BCUT2D eigenvalue weighted by Crippen LogP contribution is -2.42. The Bertz CT molecular complexity index is 1210. The van der Waals surface area contributed by atoms with Crippen LogP contribution in [-0.2, 0) is 25.5 Å². The summed E-state index contributed by atoms with van der Waals surface area (Å²) < 4.78 is 15.7. The first-order valence-electron chi connectivity index (χ1n) is 11.6. The number of H-pyrrole nitrogens is 1. The molecule has 12 nitrogen and oxygen atoms in total. The minimum atomic E-state index is -0.972. The third-order valence-electron chi connectivity index (χ3n) is 5.23. The molecule has 1 amide bonds. The standard InChI is InChI=1S/C24H30N6O6/c1-3-34-18(31)10-9-17(23(33)35-4-2)28-22(32)14-5-7-16(8-6-14)36-12-11-15-13-27-21-19(15)20(25)29-24(26)30-21/h5-8,13,17H,3-4,9-12H2,1-2H3,(H,28,32)(H5,25,26,27,29,30)/t17-/m1/s1. The Morgan fingerprint density at radius 3 is 2.47 bits per heavy atom. The summed E-state index contributed by atoms with van der Waals surface area (Å²) in [4.78, 5) is 47.7. The number of esters is 2. The van der Waals surface area contributed by atoms with Crippen LogP contribution in [0, 0.1) is 0 Å². The summed E-state index contributed by atoms with van der Waals surface area (Å²) in [6, 6.07) is 5.50. The van der Waals surface area contributed by atoms with Crippen LogP contribution in [0.5, 0.6) is 5.75 Å². The SMILES string of the molecule is CCOC(=O)CC[C@@H](NC(=O)c1ccc(OCCc2c[nH]c3nc(N)nc(N)c23)cc1)C(=O)OCC. The summed E-state index contributed by atoms with van der Waals surface area (Å²) in [6.07, 6.45) is 2.38. The number of amides is 1. The highest BCUT2D eigenvalue weighted by Gasteiger charge is 2.24. The molecule has 3 aromatic rings. The van der Waals surface area contributed by atoms with Crippen LogP contribution in [0.1, 0.15) is 42.6 Å². The first-order valence-corrected chi connectivity index (χ1v) is 11.6. The van der Waals surface area contributed by atoms with E-state index in [9.17, 15) is 14.4 Å². The molecule has 1 aromatic carbocycles. The zero-order valence-corrected chi connectivity index (χ0v) is 20.2. The van der Waals surface area contributed by atoms with E-state index in [1.807, 2.05) is 0 Å². The van der Waals surface area contributed by atoms with Crippen molar-refractivity contribution in [2.45, 2.75) is 39.2 Å². The van der Waals surface area contributed by atoms with Crippen molar-refractivity contribution in [3.63, 3.8) is 0 Å². The third kappa shape index (κ3) is 6.84. The highest BCUT2D eigenvalue weighted by Crippen LogP contribution is 2.23. The number of hydrogen-bond acceptors (Lipinski definition) is 10. The van der Waals surface area contributed by atoms with E-state index in [4.69, 9.17) is 25.7 Å². The van der Waals surface area contributed by atoms with Crippen molar-refractivity contribution in [1.29, 1.82) is 0 Å². The monoisotopic (exact) mass is 498 g/mol. The topological polar surface area (TPSA) is 185 Å². The maximum absolute atomic E-state index is 12.7. The number of rotatable bonds is 12. The van der Waals surface area contributed by atoms with E-state index in [0.29, 0.717) is 41.2 Å². The van der Waals surface area contributed by atoms with Gasteiger partial charge in [-0.15, -0.1) is 0 Å². The molecule has 0 aliphatic carbocycles. The number of benzene rings is 1. The summed E-state index contributed by atoms with van der Waals surface area (Å²) >= 11 is 0. The Morgan fingerprint density at radius 1 is 1.06 bits per heavy atom. The molecule has 2 heterocycles. The van der Waals surface area contributed by atoms with E-state index in [1.54, 1.807) is 44.3 Å². The van der Waals surface area contributed by atoms with Crippen molar-refractivity contribution in [2.75, 3.05) is 31.3 Å². The molecular weight excluding hydrogens is 468 g/mol. The normalized spacial score (nSPS) is 11.6. The van der Waals surface area contributed by atoms with Crippen LogP contribution in [0.2, 0.25) is 0 Å². The average molecular weight is 499 g/mol. The van der Waals surface area contributed by atoms with Crippen molar-refractivity contribution in [1.82, 2.24) is 20.3 Å². The number of nitrogen functional groups attached to an aromatic ring is 2. The van der Waals surface area contributed by atoms with Crippen LogP contribution in [0.4, 0.5) is 11.8 Å². The number of anilines is 2. The van der Waals surface area contributed by atoms with Gasteiger partial charge in [-0.25, -0.2) is 4.79 Å². The second-order valence-electron chi connectivity index (χ2n) is 7.75. The van der Waals surface area contributed by atoms with E-state index < -0.39 is 23.9 Å². The average Bonchev–Trinajstić information content (AvgIpc) is 3.25. The summed E-state index contributed by atoms with van der Waals surface area (Å²) in [5.74, 6) is -0.578. The predicted molar refractivity (Wildman–Crippen MR) is 132 cm³/mol. The maximum atomic E-state index is 12.7. The van der Waals surface area contributed by atoms with E-state index in [1.165, 1.54) is 0 Å². The van der Waals surface area contributed by atoms with Crippen molar-refractivity contribution >= 4 is 40.6 Å². The molecule has 0 saturated heterocycles. The summed E-state index contributed by atoms with van der Waals surface area (Å²) in [5, 5.41) is 3.33. The van der Waals surface area contributed by atoms with E-state index in [0.717, 1.165) is 5.56 Å². The second kappa shape index (κ2) is 12.4. The number of hydrogen-bond donors (Lipinski definition) is 4. The summed E-state index contributed by atoms with van der Waals surface area (Å²) in [7, 11) is 0. The summed E-state index contributed by atoms with van der Waals surface area (Å²) in [6.45, 7) is 4.10. The van der Waals surface area contributed by atoms with E-state index in [2.05, 4.69) is 20.3 Å². The molecule has 0 radical (unpaired) electrons. The minimum Gasteiger partial charge on any atom is -0.493 e. The fourth-order valence-electron chi connectivity index (χ4n) is 3.55. The molecule has 0 saturated carbocycles. The van der Waals surface area contributed by atoms with Gasteiger partial charge in [0.2, 0.25) is 5.95 Å². The number of fused-ring (bicyclic) bond motifs is 1. The zero-order valence-electron chi connectivity index (χ0n) is 20.2. The van der Waals surface area contributed by atoms with Crippen molar-refractivity contribution in [3.05, 3.63) is 41.6 Å². The smallest absolute Gasteiger partial charge is 0.328 e. The molecule has 0 spiro atoms. The van der Waals surface area contributed by atoms with Gasteiger partial charge < -0.3 is 36.0 Å². The minimum absolute atomic E-state index is 0.0219. The van der Waals surface area contributed by atoms with Crippen molar-refractivity contribution in [3.8, 4) is 5.75 Å². The molecule has 0 aliphatic heterocycles. The van der Waals surface area contributed by atoms with Gasteiger partial charge in [-0.05, 0) is 50.1 Å². The number of nitrogens with zero attached hydrogens (tertiary/aromatic N) is 2. The number of aromatic nitrogens is 3. The lowest BCUT2D eigenvalue weighted by molar-refractivity contribution is -0.146.